The summed E-state index contributed by atoms with van der Waals surface area (Å²) in [6, 6.07) is 9.57. The second kappa shape index (κ2) is 6.06. The molecule has 0 aliphatic heterocycles. The Morgan fingerprint density at radius 1 is 1.05 bits per heavy atom. The average molecular weight is 295 g/mol. The molecule has 2 rings (SSSR count). The fraction of sp³-hybridized carbons (Fsp3) is 0.412. The van der Waals surface area contributed by atoms with Crippen LogP contribution in [0, 0.1) is 0 Å². The molecule has 0 bridgehead atoms. The van der Waals surface area contributed by atoms with Crippen LogP contribution in [0.1, 0.15) is 43.7 Å². The fourth-order valence-electron chi connectivity index (χ4n) is 2.89. The van der Waals surface area contributed by atoms with Crippen LogP contribution in [0.25, 0.3) is 10.8 Å². The molecule has 0 saturated carbocycles. The first-order valence-corrected chi connectivity index (χ1v) is 7.19. The lowest BCUT2D eigenvalue weighted by Crippen LogP contribution is -2.19. The zero-order chi connectivity index (χ0) is 15.6. The summed E-state index contributed by atoms with van der Waals surface area (Å²) in [5, 5.41) is 0.949. The first-order chi connectivity index (χ1) is 9.84. The Labute approximate surface area is 123 Å². The third-order valence-corrected chi connectivity index (χ3v) is 3.85. The number of fused-ring (bicyclic) bond motifs is 1. The molecule has 0 aliphatic carbocycles. The fourth-order valence-corrected chi connectivity index (χ4v) is 2.89. The van der Waals surface area contributed by atoms with Gasteiger partial charge in [0, 0.05) is 6.04 Å². The molecule has 2 aromatic carbocycles. The van der Waals surface area contributed by atoms with Gasteiger partial charge in [0.2, 0.25) is 0 Å². The van der Waals surface area contributed by atoms with Crippen LogP contribution in [0.15, 0.2) is 36.4 Å². The highest BCUT2D eigenvalue weighted by Gasteiger charge is 2.33. The minimum absolute atomic E-state index is 0.0241. The molecule has 0 heterocycles. The van der Waals surface area contributed by atoms with Crippen molar-refractivity contribution < 1.29 is 13.2 Å². The molecule has 4 heteroatoms. The summed E-state index contributed by atoms with van der Waals surface area (Å²) in [6.07, 6.45) is -2.70. The van der Waals surface area contributed by atoms with Gasteiger partial charge in [-0.25, -0.2) is 0 Å². The topological polar surface area (TPSA) is 26.0 Å². The lowest BCUT2D eigenvalue weighted by atomic mass is 9.86. The van der Waals surface area contributed by atoms with Crippen molar-refractivity contribution in [3.63, 3.8) is 0 Å². The average Bonchev–Trinajstić information content (AvgIpc) is 2.42. The van der Waals surface area contributed by atoms with Crippen LogP contribution in [-0.4, -0.2) is 6.04 Å². The van der Waals surface area contributed by atoms with Crippen molar-refractivity contribution in [3.8, 4) is 0 Å². The summed E-state index contributed by atoms with van der Waals surface area (Å²) in [5.41, 5.74) is 6.25. The molecular formula is C17H20F3N. The van der Waals surface area contributed by atoms with Crippen LogP contribution in [0.3, 0.4) is 0 Å². The van der Waals surface area contributed by atoms with Crippen LogP contribution in [0.5, 0.6) is 0 Å². The predicted molar refractivity (Wildman–Crippen MR) is 80.2 cm³/mol. The maximum atomic E-state index is 13.1. The van der Waals surface area contributed by atoms with Crippen LogP contribution in [-0.2, 0) is 6.18 Å². The van der Waals surface area contributed by atoms with E-state index in [1.54, 1.807) is 30.3 Å². The molecule has 114 valence electrons. The number of halogens is 3. The highest BCUT2D eigenvalue weighted by atomic mass is 19.4. The van der Waals surface area contributed by atoms with E-state index < -0.39 is 11.7 Å². The molecule has 0 spiro atoms. The molecule has 0 radical (unpaired) electrons. The monoisotopic (exact) mass is 295 g/mol. The normalized spacial score (nSPS) is 15.1. The highest BCUT2D eigenvalue weighted by molar-refractivity contribution is 5.89. The molecule has 0 fully saturated rings. The molecule has 2 aromatic rings. The van der Waals surface area contributed by atoms with Gasteiger partial charge in [0.05, 0.1) is 5.56 Å². The standard InChI is InChI=1S/C17H20F3N/c1-3-12(10-11(2)21)13-8-9-16(17(18,19)20)15-7-5-4-6-14(13)15/h4-9,11-12H,3,10,21H2,1-2H3. The van der Waals surface area contributed by atoms with Crippen molar-refractivity contribution in [1.82, 2.24) is 0 Å². The van der Waals surface area contributed by atoms with E-state index in [1.165, 1.54) is 6.07 Å². The van der Waals surface area contributed by atoms with Gasteiger partial charge in [0.25, 0.3) is 0 Å². The number of hydrogen-bond donors (Lipinski definition) is 1. The molecule has 0 aromatic heterocycles. The SMILES string of the molecule is CCC(CC(C)N)c1ccc(C(F)(F)F)c2ccccc12. The van der Waals surface area contributed by atoms with Crippen LogP contribution < -0.4 is 5.73 Å². The molecule has 0 saturated heterocycles. The van der Waals surface area contributed by atoms with Gasteiger partial charge in [-0.1, -0.05) is 37.3 Å². The first kappa shape index (κ1) is 15.8. The Morgan fingerprint density at radius 3 is 2.19 bits per heavy atom. The van der Waals surface area contributed by atoms with Gasteiger partial charge in [0.1, 0.15) is 0 Å². The second-order valence-corrected chi connectivity index (χ2v) is 5.56. The zero-order valence-electron chi connectivity index (χ0n) is 12.2. The van der Waals surface area contributed by atoms with E-state index in [0.717, 1.165) is 18.4 Å². The zero-order valence-corrected chi connectivity index (χ0v) is 12.2. The molecule has 0 amide bonds. The Balaban J connectivity index is 2.62. The van der Waals surface area contributed by atoms with E-state index in [0.29, 0.717) is 5.39 Å². The van der Waals surface area contributed by atoms with E-state index in [9.17, 15) is 13.2 Å². The van der Waals surface area contributed by atoms with Gasteiger partial charge in [-0.15, -0.1) is 0 Å². The molecule has 2 atom stereocenters. The lowest BCUT2D eigenvalue weighted by Gasteiger charge is -2.21. The smallest absolute Gasteiger partial charge is 0.328 e. The molecule has 0 aliphatic rings. The summed E-state index contributed by atoms with van der Waals surface area (Å²) in [7, 11) is 0. The van der Waals surface area contributed by atoms with Crippen LogP contribution in [0.4, 0.5) is 13.2 Å². The minimum atomic E-state index is -4.33. The minimum Gasteiger partial charge on any atom is -0.328 e. The summed E-state index contributed by atoms with van der Waals surface area (Å²) < 4.78 is 39.4. The Bertz CT molecular complexity index is 617. The van der Waals surface area contributed by atoms with Crippen molar-refractivity contribution in [2.45, 2.75) is 44.8 Å². The van der Waals surface area contributed by atoms with E-state index in [4.69, 9.17) is 5.73 Å². The lowest BCUT2D eigenvalue weighted by molar-refractivity contribution is -0.136. The van der Waals surface area contributed by atoms with E-state index in [-0.39, 0.29) is 17.3 Å². The van der Waals surface area contributed by atoms with Gasteiger partial charge in [0.15, 0.2) is 0 Å². The number of hydrogen-bond acceptors (Lipinski definition) is 1. The Hall–Kier alpha value is -1.55. The summed E-state index contributed by atoms with van der Waals surface area (Å²) >= 11 is 0. The van der Waals surface area contributed by atoms with Crippen molar-refractivity contribution >= 4 is 10.8 Å². The number of rotatable bonds is 4. The van der Waals surface area contributed by atoms with Gasteiger partial charge in [-0.3, -0.25) is 0 Å². The largest absolute Gasteiger partial charge is 0.417 e. The van der Waals surface area contributed by atoms with Crippen LogP contribution >= 0.6 is 0 Å². The Kier molecular flexibility index (Phi) is 4.57. The number of benzene rings is 2. The number of nitrogens with two attached hydrogens (primary N) is 1. The van der Waals surface area contributed by atoms with Gasteiger partial charge >= 0.3 is 6.18 Å². The van der Waals surface area contributed by atoms with Crippen molar-refractivity contribution in [2.75, 3.05) is 0 Å². The van der Waals surface area contributed by atoms with E-state index in [1.807, 2.05) is 13.8 Å². The maximum absolute atomic E-state index is 13.1. The van der Waals surface area contributed by atoms with E-state index >= 15 is 0 Å². The van der Waals surface area contributed by atoms with Crippen LogP contribution in [0.2, 0.25) is 0 Å². The Morgan fingerprint density at radius 2 is 1.67 bits per heavy atom. The van der Waals surface area contributed by atoms with Crippen molar-refractivity contribution in [2.24, 2.45) is 5.73 Å². The first-order valence-electron chi connectivity index (χ1n) is 7.19. The molecule has 2 N–H and O–H groups in total. The van der Waals surface area contributed by atoms with Gasteiger partial charge in [-0.05, 0) is 48.1 Å². The highest BCUT2D eigenvalue weighted by Crippen LogP contribution is 2.39. The summed E-state index contributed by atoms with van der Waals surface area (Å²) in [5.74, 6) is 0.178. The molecule has 2 unspecified atom stereocenters. The summed E-state index contributed by atoms with van der Waals surface area (Å²) in [4.78, 5) is 0. The van der Waals surface area contributed by atoms with Gasteiger partial charge in [-0.2, -0.15) is 13.2 Å². The third-order valence-electron chi connectivity index (χ3n) is 3.85. The third kappa shape index (κ3) is 3.38. The quantitative estimate of drug-likeness (QED) is 0.835. The maximum Gasteiger partial charge on any atom is 0.417 e. The molecule has 21 heavy (non-hydrogen) atoms. The van der Waals surface area contributed by atoms with Crippen molar-refractivity contribution in [3.05, 3.63) is 47.5 Å². The van der Waals surface area contributed by atoms with Gasteiger partial charge < -0.3 is 5.73 Å². The summed E-state index contributed by atoms with van der Waals surface area (Å²) in [6.45, 7) is 3.97. The molecule has 1 nitrogen and oxygen atoms in total. The molecular weight excluding hydrogens is 275 g/mol. The van der Waals surface area contributed by atoms with E-state index in [2.05, 4.69) is 0 Å². The second-order valence-electron chi connectivity index (χ2n) is 5.56. The predicted octanol–water partition coefficient (Wildman–Crippen LogP) is 5.09. The number of alkyl halides is 3. The van der Waals surface area contributed by atoms with Crippen molar-refractivity contribution in [1.29, 1.82) is 0 Å².